The summed E-state index contributed by atoms with van der Waals surface area (Å²) in [6, 6.07) is 0. The lowest BCUT2D eigenvalue weighted by molar-refractivity contribution is -0.123. The molecule has 3 N–H and O–H groups in total. The Morgan fingerprint density at radius 3 is 2.06 bits per heavy atom. The van der Waals surface area contributed by atoms with E-state index >= 15 is 0 Å². The number of amides is 1. The lowest BCUT2D eigenvalue weighted by atomic mass is 10.0. The van der Waals surface area contributed by atoms with Crippen LogP contribution in [0.25, 0.3) is 0 Å². The van der Waals surface area contributed by atoms with Gasteiger partial charge in [0.05, 0.1) is 5.54 Å². The second-order valence-electron chi connectivity index (χ2n) is 5.04. The smallest absolute Gasteiger partial charge is 0.237 e. The molecule has 0 bridgehead atoms. The molecule has 0 radical (unpaired) electrons. The third kappa shape index (κ3) is 7.69. The molecule has 0 aliphatic heterocycles. The molecule has 0 aliphatic rings. The molecule has 0 aromatic heterocycles. The van der Waals surface area contributed by atoms with Crippen LogP contribution >= 0.6 is 0 Å². The van der Waals surface area contributed by atoms with Crippen molar-refractivity contribution in [2.45, 2.75) is 71.3 Å². The van der Waals surface area contributed by atoms with Crippen molar-refractivity contribution in [1.29, 1.82) is 0 Å². The van der Waals surface area contributed by atoms with Crippen molar-refractivity contribution in [2.75, 3.05) is 6.54 Å². The van der Waals surface area contributed by atoms with Crippen LogP contribution in [0.2, 0.25) is 0 Å². The fraction of sp³-hybridized carbons (Fsp3) is 0.923. The Hall–Kier alpha value is -0.570. The Kier molecular flexibility index (Phi) is 8.26. The van der Waals surface area contributed by atoms with Crippen molar-refractivity contribution >= 4 is 5.91 Å². The molecule has 3 heteroatoms. The Labute approximate surface area is 100 Å². The first-order valence-corrected chi connectivity index (χ1v) is 6.55. The van der Waals surface area contributed by atoms with Crippen molar-refractivity contribution in [3.05, 3.63) is 0 Å². The molecule has 3 nitrogen and oxygen atoms in total. The minimum absolute atomic E-state index is 0.282. The number of hydrogen-bond donors (Lipinski definition) is 2. The Bertz CT molecular complexity index is 190. The van der Waals surface area contributed by atoms with Crippen LogP contribution in [0.1, 0.15) is 65.7 Å². The molecule has 0 aromatic rings. The van der Waals surface area contributed by atoms with E-state index < -0.39 is 5.54 Å². The predicted octanol–water partition coefficient (Wildman–Crippen LogP) is 2.59. The van der Waals surface area contributed by atoms with Crippen molar-refractivity contribution in [2.24, 2.45) is 5.73 Å². The largest absolute Gasteiger partial charge is 0.368 e. The fourth-order valence-electron chi connectivity index (χ4n) is 1.57. The zero-order valence-corrected chi connectivity index (χ0v) is 11.1. The molecule has 0 saturated heterocycles. The molecule has 0 rings (SSSR count). The summed E-state index contributed by atoms with van der Waals surface area (Å²) in [5.41, 5.74) is 4.70. The summed E-state index contributed by atoms with van der Waals surface area (Å²) in [6.07, 6.45) is 9.03. The first kappa shape index (κ1) is 15.4. The van der Waals surface area contributed by atoms with E-state index in [1.54, 1.807) is 0 Å². The normalized spacial score (nSPS) is 11.7. The van der Waals surface area contributed by atoms with Gasteiger partial charge in [-0.2, -0.15) is 0 Å². The molecule has 0 fully saturated rings. The van der Waals surface area contributed by atoms with E-state index in [1.165, 1.54) is 38.5 Å². The second-order valence-corrected chi connectivity index (χ2v) is 5.04. The number of hydrogen-bond acceptors (Lipinski definition) is 2. The van der Waals surface area contributed by atoms with Gasteiger partial charge in [-0.25, -0.2) is 0 Å². The summed E-state index contributed by atoms with van der Waals surface area (Å²) >= 11 is 0. The van der Waals surface area contributed by atoms with Crippen LogP contribution in [-0.4, -0.2) is 18.0 Å². The average Bonchev–Trinajstić information content (AvgIpc) is 2.21. The summed E-state index contributed by atoms with van der Waals surface area (Å²) in [5.74, 6) is -0.282. The van der Waals surface area contributed by atoms with Gasteiger partial charge in [0.25, 0.3) is 0 Å². The zero-order valence-electron chi connectivity index (χ0n) is 11.1. The average molecular weight is 228 g/mol. The van der Waals surface area contributed by atoms with E-state index in [2.05, 4.69) is 12.2 Å². The van der Waals surface area contributed by atoms with Crippen LogP contribution in [-0.2, 0) is 4.79 Å². The Balaban J connectivity index is 3.30. The minimum atomic E-state index is -0.567. The highest BCUT2D eigenvalue weighted by Gasteiger charge is 2.22. The molecule has 96 valence electrons. The number of rotatable bonds is 10. The van der Waals surface area contributed by atoms with Crippen LogP contribution in [0.5, 0.6) is 0 Å². The van der Waals surface area contributed by atoms with Gasteiger partial charge in [0.1, 0.15) is 0 Å². The summed E-state index contributed by atoms with van der Waals surface area (Å²) < 4.78 is 0. The monoisotopic (exact) mass is 228 g/mol. The first-order chi connectivity index (χ1) is 7.50. The maximum Gasteiger partial charge on any atom is 0.237 e. The SMILES string of the molecule is CCCCCCCCCNC(C)(C)C(N)=O. The van der Waals surface area contributed by atoms with Gasteiger partial charge >= 0.3 is 0 Å². The van der Waals surface area contributed by atoms with E-state index in [-0.39, 0.29) is 5.91 Å². The van der Waals surface area contributed by atoms with Crippen LogP contribution in [0.4, 0.5) is 0 Å². The molecule has 0 spiro atoms. The van der Waals surface area contributed by atoms with E-state index in [1.807, 2.05) is 13.8 Å². The molecule has 0 saturated carbocycles. The number of carbonyl (C=O) groups excluding carboxylic acids is 1. The Morgan fingerprint density at radius 2 is 1.56 bits per heavy atom. The van der Waals surface area contributed by atoms with E-state index in [4.69, 9.17) is 5.73 Å². The third-order valence-electron chi connectivity index (χ3n) is 2.96. The van der Waals surface area contributed by atoms with Crippen LogP contribution in [0.3, 0.4) is 0 Å². The predicted molar refractivity (Wildman–Crippen MR) is 69.3 cm³/mol. The number of carbonyl (C=O) groups is 1. The van der Waals surface area contributed by atoms with Gasteiger partial charge in [0.15, 0.2) is 0 Å². The van der Waals surface area contributed by atoms with Gasteiger partial charge in [0.2, 0.25) is 5.91 Å². The summed E-state index contributed by atoms with van der Waals surface area (Å²) in [4.78, 5) is 11.0. The molecule has 16 heavy (non-hydrogen) atoms. The molecule has 0 heterocycles. The van der Waals surface area contributed by atoms with Gasteiger partial charge in [-0.05, 0) is 26.8 Å². The highest BCUT2D eigenvalue weighted by Crippen LogP contribution is 2.07. The highest BCUT2D eigenvalue weighted by molar-refractivity contribution is 5.83. The van der Waals surface area contributed by atoms with Gasteiger partial charge in [-0.1, -0.05) is 45.4 Å². The zero-order chi connectivity index (χ0) is 12.4. The lowest BCUT2D eigenvalue weighted by Gasteiger charge is -2.22. The minimum Gasteiger partial charge on any atom is -0.368 e. The highest BCUT2D eigenvalue weighted by atomic mass is 16.1. The quantitative estimate of drug-likeness (QED) is 0.565. The topological polar surface area (TPSA) is 55.1 Å². The summed E-state index contributed by atoms with van der Waals surface area (Å²) in [7, 11) is 0. The van der Waals surface area contributed by atoms with Crippen molar-refractivity contribution in [1.82, 2.24) is 5.32 Å². The molecule has 0 aliphatic carbocycles. The maximum absolute atomic E-state index is 11.0. The molecular weight excluding hydrogens is 200 g/mol. The van der Waals surface area contributed by atoms with Crippen LogP contribution < -0.4 is 11.1 Å². The third-order valence-corrected chi connectivity index (χ3v) is 2.96. The van der Waals surface area contributed by atoms with E-state index in [0.29, 0.717) is 0 Å². The van der Waals surface area contributed by atoms with Gasteiger partial charge in [-0.3, -0.25) is 4.79 Å². The van der Waals surface area contributed by atoms with Crippen molar-refractivity contribution < 1.29 is 4.79 Å². The summed E-state index contributed by atoms with van der Waals surface area (Å²) in [6.45, 7) is 6.77. The summed E-state index contributed by atoms with van der Waals surface area (Å²) in [5, 5.41) is 3.19. The number of nitrogens with two attached hydrogens (primary N) is 1. The molecule has 0 aromatic carbocycles. The lowest BCUT2D eigenvalue weighted by Crippen LogP contribution is -2.50. The number of nitrogens with one attached hydrogen (secondary N) is 1. The number of unbranched alkanes of at least 4 members (excludes halogenated alkanes) is 6. The molecule has 0 atom stereocenters. The van der Waals surface area contributed by atoms with Crippen LogP contribution in [0.15, 0.2) is 0 Å². The molecule has 0 unspecified atom stereocenters. The molecular formula is C13H28N2O. The number of primary amides is 1. The maximum atomic E-state index is 11.0. The van der Waals surface area contributed by atoms with Gasteiger partial charge < -0.3 is 11.1 Å². The van der Waals surface area contributed by atoms with E-state index in [0.717, 1.165) is 13.0 Å². The standard InChI is InChI=1S/C13H28N2O/c1-4-5-6-7-8-9-10-11-15-13(2,3)12(14)16/h15H,4-11H2,1-3H3,(H2,14,16). The molecule has 1 amide bonds. The first-order valence-electron chi connectivity index (χ1n) is 6.55. The van der Waals surface area contributed by atoms with Gasteiger partial charge in [-0.15, -0.1) is 0 Å². The van der Waals surface area contributed by atoms with E-state index in [9.17, 15) is 4.79 Å². The Morgan fingerprint density at radius 1 is 1.06 bits per heavy atom. The van der Waals surface area contributed by atoms with Crippen molar-refractivity contribution in [3.8, 4) is 0 Å². The van der Waals surface area contributed by atoms with Gasteiger partial charge in [0, 0.05) is 0 Å². The van der Waals surface area contributed by atoms with Crippen LogP contribution in [0, 0.1) is 0 Å². The van der Waals surface area contributed by atoms with Crippen molar-refractivity contribution in [3.63, 3.8) is 0 Å². The fourth-order valence-corrected chi connectivity index (χ4v) is 1.57. The second kappa shape index (κ2) is 8.57.